The van der Waals surface area contributed by atoms with Crippen molar-refractivity contribution < 1.29 is 18.3 Å². The molecule has 4 N–H and O–H groups in total. The van der Waals surface area contributed by atoms with E-state index in [2.05, 4.69) is 15.6 Å². The summed E-state index contributed by atoms with van der Waals surface area (Å²) >= 11 is 0. The molecule has 0 amide bonds. The molecule has 1 aromatic heterocycles. The molecule has 9 nitrogen and oxygen atoms in total. The van der Waals surface area contributed by atoms with Crippen molar-refractivity contribution in [3.8, 4) is 11.3 Å². The van der Waals surface area contributed by atoms with Crippen molar-refractivity contribution in [1.82, 2.24) is 20.3 Å². The highest BCUT2D eigenvalue weighted by Gasteiger charge is 2.22. The molecule has 36 heavy (non-hydrogen) atoms. The normalized spacial score (nSPS) is 13.2. The van der Waals surface area contributed by atoms with E-state index in [9.17, 15) is 18.3 Å². The number of nitrogens with one attached hydrogen (secondary N) is 1. The molecule has 0 saturated carbocycles. The van der Waals surface area contributed by atoms with Crippen LogP contribution >= 0.6 is 0 Å². The minimum Gasteiger partial charge on any atom is -0.480 e. The minimum absolute atomic E-state index is 0.0166. The van der Waals surface area contributed by atoms with Gasteiger partial charge in [0.15, 0.2) is 0 Å². The van der Waals surface area contributed by atoms with Crippen LogP contribution in [-0.4, -0.2) is 47.1 Å². The van der Waals surface area contributed by atoms with Gasteiger partial charge < -0.3 is 10.4 Å². The second-order valence-electron chi connectivity index (χ2n) is 8.49. The first-order valence-electron chi connectivity index (χ1n) is 11.4. The summed E-state index contributed by atoms with van der Waals surface area (Å²) in [5.74, 6) is -0.925. The fourth-order valence-electron chi connectivity index (χ4n) is 3.92. The summed E-state index contributed by atoms with van der Waals surface area (Å²) in [5.41, 5.74) is 3.26. The molecule has 1 heterocycles. The van der Waals surface area contributed by atoms with Gasteiger partial charge in [-0.25, -0.2) is 18.2 Å². The van der Waals surface area contributed by atoms with Gasteiger partial charge in [0.2, 0.25) is 10.0 Å². The Kier molecular flexibility index (Phi) is 7.89. The van der Waals surface area contributed by atoms with Gasteiger partial charge >= 0.3 is 5.97 Å². The maximum atomic E-state index is 11.9. The first-order chi connectivity index (χ1) is 17.3. The Bertz CT molecular complexity index is 1390. The average molecular weight is 506 g/mol. The zero-order chi connectivity index (χ0) is 25.5. The Morgan fingerprint density at radius 2 is 1.50 bits per heavy atom. The van der Waals surface area contributed by atoms with Crippen LogP contribution in [0.3, 0.4) is 0 Å². The number of nitrogens with zero attached hydrogens (tertiary/aromatic N) is 3. The quantitative estimate of drug-likeness (QED) is 0.285. The average Bonchev–Trinajstić information content (AvgIpc) is 3.36. The number of hydrogen-bond donors (Lipinski definition) is 3. The number of nitrogens with two attached hydrogens (primary N) is 1. The van der Waals surface area contributed by atoms with Crippen molar-refractivity contribution >= 4 is 16.0 Å². The maximum Gasteiger partial charge on any atom is 0.321 e. The third-order valence-corrected chi connectivity index (χ3v) is 6.79. The summed E-state index contributed by atoms with van der Waals surface area (Å²) in [7, 11) is -3.79. The molecule has 0 spiro atoms. The van der Waals surface area contributed by atoms with Gasteiger partial charge in [0.05, 0.1) is 17.1 Å². The van der Waals surface area contributed by atoms with Crippen LogP contribution in [0.15, 0.2) is 96.0 Å². The highest BCUT2D eigenvalue weighted by atomic mass is 32.2. The Morgan fingerprint density at radius 3 is 2.06 bits per heavy atom. The first kappa shape index (κ1) is 25.2. The van der Waals surface area contributed by atoms with Gasteiger partial charge in [0, 0.05) is 12.1 Å². The Balaban J connectivity index is 1.55. The van der Waals surface area contributed by atoms with E-state index in [4.69, 9.17) is 5.14 Å². The number of carboxylic acids is 1. The van der Waals surface area contributed by atoms with E-state index in [1.165, 1.54) is 12.1 Å². The van der Waals surface area contributed by atoms with Gasteiger partial charge in [-0.1, -0.05) is 78.0 Å². The zero-order valence-electron chi connectivity index (χ0n) is 19.4. The minimum atomic E-state index is -3.79. The number of rotatable bonds is 11. The summed E-state index contributed by atoms with van der Waals surface area (Å²) in [6, 6.07) is 24.5. The number of carbonyl (C=O) groups is 1. The van der Waals surface area contributed by atoms with Crippen molar-refractivity contribution in [2.45, 2.75) is 29.8 Å². The van der Waals surface area contributed by atoms with Crippen LogP contribution in [0.1, 0.15) is 17.2 Å². The largest absolute Gasteiger partial charge is 0.480 e. The van der Waals surface area contributed by atoms with Gasteiger partial charge in [-0.05, 0) is 36.1 Å². The van der Waals surface area contributed by atoms with Gasteiger partial charge in [0.1, 0.15) is 11.7 Å². The predicted molar refractivity (Wildman–Crippen MR) is 136 cm³/mol. The Morgan fingerprint density at radius 1 is 0.917 bits per heavy atom. The molecule has 186 valence electrons. The molecule has 0 radical (unpaired) electrons. The van der Waals surface area contributed by atoms with Crippen LogP contribution in [0.5, 0.6) is 0 Å². The molecule has 0 bridgehead atoms. The Labute approximate surface area is 209 Å². The van der Waals surface area contributed by atoms with E-state index in [0.717, 1.165) is 11.1 Å². The molecule has 0 aliphatic rings. The van der Waals surface area contributed by atoms with Gasteiger partial charge in [-0.2, -0.15) is 0 Å². The second-order valence-corrected chi connectivity index (χ2v) is 10.0. The summed E-state index contributed by atoms with van der Waals surface area (Å²) in [4.78, 5) is 12.0. The van der Waals surface area contributed by atoms with E-state index in [0.29, 0.717) is 30.6 Å². The van der Waals surface area contributed by atoms with Gasteiger partial charge in [-0.15, -0.1) is 5.10 Å². The van der Waals surface area contributed by atoms with E-state index in [1.807, 2.05) is 60.7 Å². The number of primary sulfonamides is 1. The lowest BCUT2D eigenvalue weighted by Crippen LogP contribution is -2.42. The molecular formula is C26H27N5O4S. The van der Waals surface area contributed by atoms with Crippen molar-refractivity contribution in [2.75, 3.05) is 6.54 Å². The molecule has 10 heteroatoms. The lowest BCUT2D eigenvalue weighted by Gasteiger charge is -2.21. The lowest BCUT2D eigenvalue weighted by atomic mass is 10.0. The topological polar surface area (TPSA) is 140 Å². The van der Waals surface area contributed by atoms with Crippen molar-refractivity contribution in [2.24, 2.45) is 5.14 Å². The molecule has 1 unspecified atom stereocenters. The lowest BCUT2D eigenvalue weighted by molar-refractivity contribution is -0.139. The van der Waals surface area contributed by atoms with E-state index in [1.54, 1.807) is 23.0 Å². The summed E-state index contributed by atoms with van der Waals surface area (Å²) in [6.07, 6.45) is 2.74. The molecule has 3 aromatic carbocycles. The number of carboxylic acid groups (broad SMARTS) is 1. The van der Waals surface area contributed by atoms with E-state index < -0.39 is 22.0 Å². The summed E-state index contributed by atoms with van der Waals surface area (Å²) in [5, 5.41) is 26.7. The van der Waals surface area contributed by atoms with E-state index >= 15 is 0 Å². The van der Waals surface area contributed by atoms with Crippen molar-refractivity contribution in [3.05, 3.63) is 102 Å². The number of sulfonamides is 1. The molecular weight excluding hydrogens is 478 g/mol. The highest BCUT2D eigenvalue weighted by Crippen LogP contribution is 2.21. The van der Waals surface area contributed by atoms with Crippen LogP contribution in [-0.2, 0) is 27.7 Å². The number of hydrogen-bond acceptors (Lipinski definition) is 6. The van der Waals surface area contributed by atoms with Gasteiger partial charge in [0.25, 0.3) is 0 Å². The summed E-state index contributed by atoms with van der Waals surface area (Å²) < 4.78 is 24.8. The SMILES string of the molecule is NS(=O)(=O)c1ccc(-c2cn([C@H](CNC(Cc3ccccc3)C(=O)O)Cc3ccccc3)nn2)cc1. The number of aliphatic carboxylic acids is 1. The fraction of sp³-hybridized carbons (Fsp3) is 0.192. The molecule has 4 rings (SSSR count). The fourth-order valence-corrected chi connectivity index (χ4v) is 4.44. The zero-order valence-corrected chi connectivity index (χ0v) is 20.3. The standard InChI is InChI=1S/C26H27N5O4S/c27-36(34,35)23-13-11-21(12-14-23)25-18-31(30-29-25)22(15-19-7-3-1-4-8-19)17-28-24(26(32)33)16-20-9-5-2-6-10-20/h1-14,18,22,24,28H,15-17H2,(H,32,33)(H2,27,34,35)/t22-,24?/m0/s1. The maximum absolute atomic E-state index is 11.9. The van der Waals surface area contributed by atoms with Crippen LogP contribution in [0.2, 0.25) is 0 Å². The molecule has 0 saturated heterocycles. The van der Waals surface area contributed by atoms with Gasteiger partial charge in [-0.3, -0.25) is 4.79 Å². The second kappa shape index (κ2) is 11.3. The van der Waals surface area contributed by atoms with Crippen molar-refractivity contribution in [3.63, 3.8) is 0 Å². The molecule has 0 fully saturated rings. The molecule has 2 atom stereocenters. The summed E-state index contributed by atoms with van der Waals surface area (Å²) in [6.45, 7) is 0.353. The first-order valence-corrected chi connectivity index (χ1v) is 12.9. The highest BCUT2D eigenvalue weighted by molar-refractivity contribution is 7.89. The van der Waals surface area contributed by atoms with Crippen LogP contribution in [0.4, 0.5) is 0 Å². The Hall–Kier alpha value is -3.86. The third kappa shape index (κ3) is 6.63. The van der Waals surface area contributed by atoms with Crippen LogP contribution in [0, 0.1) is 0 Å². The van der Waals surface area contributed by atoms with E-state index in [-0.39, 0.29) is 10.9 Å². The molecule has 0 aliphatic carbocycles. The molecule has 0 aliphatic heterocycles. The number of aromatic nitrogens is 3. The monoisotopic (exact) mass is 505 g/mol. The smallest absolute Gasteiger partial charge is 0.321 e. The number of benzene rings is 3. The molecule has 4 aromatic rings. The van der Waals surface area contributed by atoms with Crippen LogP contribution in [0.25, 0.3) is 11.3 Å². The third-order valence-electron chi connectivity index (χ3n) is 5.86. The van der Waals surface area contributed by atoms with Crippen molar-refractivity contribution in [1.29, 1.82) is 0 Å². The van der Waals surface area contributed by atoms with Crippen LogP contribution < -0.4 is 10.5 Å². The predicted octanol–water partition coefficient (Wildman–Crippen LogP) is 2.66.